The Hall–Kier alpha value is -3.82. The Morgan fingerprint density at radius 1 is 0.647 bits per heavy atom. The van der Waals surface area contributed by atoms with Crippen LogP contribution in [0.2, 0.25) is 0 Å². The van der Waals surface area contributed by atoms with Crippen molar-refractivity contribution >= 4 is 11.9 Å². The van der Waals surface area contributed by atoms with Crippen molar-refractivity contribution in [2.75, 3.05) is 0 Å². The van der Waals surface area contributed by atoms with Crippen LogP contribution in [-0.4, -0.2) is 41.8 Å². The van der Waals surface area contributed by atoms with Crippen LogP contribution < -0.4 is 9.68 Å². The Morgan fingerprint density at radius 3 is 1.24 bits per heavy atom. The molecule has 0 aliphatic heterocycles. The Labute approximate surface area is 193 Å². The van der Waals surface area contributed by atoms with Crippen LogP contribution in [0.25, 0.3) is 0 Å². The molecule has 10 nitrogen and oxygen atoms in total. The minimum Gasteiger partial charge on any atom is -0.492 e. The lowest BCUT2D eigenvalue weighted by Gasteiger charge is -2.10. The quantitative estimate of drug-likeness (QED) is 0.359. The van der Waals surface area contributed by atoms with Crippen molar-refractivity contribution in [3.05, 3.63) is 46.6 Å². The smallest absolute Gasteiger partial charge is 0.333 e. The van der Waals surface area contributed by atoms with Gasteiger partial charge >= 0.3 is 11.9 Å². The Kier molecular flexibility index (Phi) is 4.48. The summed E-state index contributed by atoms with van der Waals surface area (Å²) in [5, 5.41) is 41.6. The molecular weight excluding hydrogens is 444 g/mol. The minimum atomic E-state index is -0.659. The molecular formula is C24H24N2O8. The maximum atomic E-state index is 12.2. The van der Waals surface area contributed by atoms with E-state index in [0.29, 0.717) is 35.1 Å². The molecule has 4 aliphatic carbocycles. The van der Waals surface area contributed by atoms with E-state index >= 15 is 0 Å². The van der Waals surface area contributed by atoms with Crippen molar-refractivity contribution < 1.29 is 39.7 Å². The lowest BCUT2D eigenvalue weighted by atomic mass is 10.0. The monoisotopic (exact) mass is 468 g/mol. The number of nitrogens with zero attached hydrogens (tertiary/aromatic N) is 2. The first-order valence-electron chi connectivity index (χ1n) is 11.5. The van der Waals surface area contributed by atoms with Crippen molar-refractivity contribution in [3.8, 4) is 23.5 Å². The second kappa shape index (κ2) is 7.34. The zero-order chi connectivity index (χ0) is 23.7. The van der Waals surface area contributed by atoms with Gasteiger partial charge in [-0.1, -0.05) is 24.3 Å². The molecule has 4 atom stereocenters. The van der Waals surface area contributed by atoms with Crippen molar-refractivity contribution in [1.82, 2.24) is 9.46 Å². The van der Waals surface area contributed by atoms with Crippen LogP contribution in [0.3, 0.4) is 0 Å². The zero-order valence-electron chi connectivity index (χ0n) is 18.2. The number of carbonyl (C=O) groups is 2. The van der Waals surface area contributed by atoms with Gasteiger partial charge in [-0.2, -0.15) is 0 Å². The van der Waals surface area contributed by atoms with Crippen molar-refractivity contribution in [1.29, 1.82) is 0 Å². The van der Waals surface area contributed by atoms with Gasteiger partial charge in [0, 0.05) is 58.8 Å². The molecule has 0 saturated carbocycles. The van der Waals surface area contributed by atoms with Crippen molar-refractivity contribution in [2.45, 2.75) is 62.2 Å². The molecule has 34 heavy (non-hydrogen) atoms. The largest absolute Gasteiger partial charge is 0.492 e. The molecule has 178 valence electrons. The molecule has 0 amide bonds. The van der Waals surface area contributed by atoms with Gasteiger partial charge in [-0.25, -0.2) is 9.59 Å². The third kappa shape index (κ3) is 2.87. The molecule has 2 aromatic rings. The predicted molar refractivity (Wildman–Crippen MR) is 116 cm³/mol. The lowest BCUT2D eigenvalue weighted by Crippen LogP contribution is -2.20. The first kappa shape index (κ1) is 20.8. The summed E-state index contributed by atoms with van der Waals surface area (Å²) >= 11 is 0. The SMILES string of the molecule is O=C(CCCCC(=O)On1c(O)c2c(c1O)C1C=CC2C1)On1c(O)c2c(c1O)C1C=CC2C1. The molecule has 6 rings (SSSR count). The summed E-state index contributed by atoms with van der Waals surface area (Å²) < 4.78 is 1.54. The first-order valence-corrected chi connectivity index (χ1v) is 11.5. The molecule has 4 N–H and O–H groups in total. The maximum absolute atomic E-state index is 12.2. The number of carbonyl (C=O) groups excluding carboxylic acids is 2. The number of rotatable bonds is 7. The maximum Gasteiger partial charge on any atom is 0.333 e. The summed E-state index contributed by atoms with van der Waals surface area (Å²) in [4.78, 5) is 34.7. The van der Waals surface area contributed by atoms with Crippen molar-refractivity contribution in [3.63, 3.8) is 0 Å². The van der Waals surface area contributed by atoms with E-state index in [-0.39, 0.29) is 60.0 Å². The third-order valence-electron chi connectivity index (χ3n) is 7.36. The fourth-order valence-corrected chi connectivity index (χ4v) is 5.84. The van der Waals surface area contributed by atoms with Crippen LogP contribution in [0, 0.1) is 0 Å². The van der Waals surface area contributed by atoms with Gasteiger partial charge in [-0.3, -0.25) is 0 Å². The van der Waals surface area contributed by atoms with Gasteiger partial charge in [-0.15, -0.1) is 9.46 Å². The molecule has 4 unspecified atom stereocenters. The number of aromatic hydroxyl groups is 4. The highest BCUT2D eigenvalue weighted by molar-refractivity contribution is 5.72. The minimum absolute atomic E-state index is 0.0172. The summed E-state index contributed by atoms with van der Waals surface area (Å²) in [5.41, 5.74) is 2.41. The van der Waals surface area contributed by atoms with E-state index in [9.17, 15) is 30.0 Å². The second-order valence-electron chi connectivity index (χ2n) is 9.34. The van der Waals surface area contributed by atoms with Gasteiger partial charge < -0.3 is 30.1 Å². The Balaban J connectivity index is 1.00. The van der Waals surface area contributed by atoms with Crippen LogP contribution in [-0.2, 0) is 9.59 Å². The summed E-state index contributed by atoms with van der Waals surface area (Å²) in [6.45, 7) is 0. The van der Waals surface area contributed by atoms with Gasteiger partial charge in [0.15, 0.2) is 0 Å². The first-order chi connectivity index (χ1) is 16.3. The summed E-state index contributed by atoms with van der Waals surface area (Å²) in [7, 11) is 0. The fourth-order valence-electron chi connectivity index (χ4n) is 5.84. The normalized spacial score (nSPS) is 24.6. The summed E-state index contributed by atoms with van der Waals surface area (Å²) in [6.07, 6.45) is 10.0. The van der Waals surface area contributed by atoms with Crippen LogP contribution in [0.1, 0.15) is 84.5 Å². The van der Waals surface area contributed by atoms with E-state index in [1.165, 1.54) is 0 Å². The highest BCUT2D eigenvalue weighted by Crippen LogP contribution is 2.57. The summed E-state index contributed by atoms with van der Waals surface area (Å²) in [6, 6.07) is 0. The zero-order valence-corrected chi connectivity index (χ0v) is 18.2. The fraction of sp³-hybridized carbons (Fsp3) is 0.417. The van der Waals surface area contributed by atoms with Crippen LogP contribution >= 0.6 is 0 Å². The average molecular weight is 468 g/mol. The van der Waals surface area contributed by atoms with E-state index in [0.717, 1.165) is 22.3 Å². The van der Waals surface area contributed by atoms with Gasteiger partial charge in [0.1, 0.15) is 0 Å². The highest BCUT2D eigenvalue weighted by Gasteiger charge is 2.43. The number of hydrogen-bond acceptors (Lipinski definition) is 8. The van der Waals surface area contributed by atoms with Crippen LogP contribution in [0.4, 0.5) is 0 Å². The molecule has 4 bridgehead atoms. The van der Waals surface area contributed by atoms with E-state index < -0.39 is 11.9 Å². The van der Waals surface area contributed by atoms with Crippen LogP contribution in [0.5, 0.6) is 23.5 Å². The number of allylic oxidation sites excluding steroid dienone is 4. The Morgan fingerprint density at radius 2 is 0.941 bits per heavy atom. The van der Waals surface area contributed by atoms with Crippen LogP contribution in [0.15, 0.2) is 24.3 Å². The van der Waals surface area contributed by atoms with Gasteiger partial charge in [0.05, 0.1) is 0 Å². The molecule has 2 heterocycles. The van der Waals surface area contributed by atoms with E-state index in [1.54, 1.807) is 0 Å². The van der Waals surface area contributed by atoms with E-state index in [4.69, 9.17) is 9.68 Å². The number of fused-ring (bicyclic) bond motifs is 10. The number of aromatic nitrogens is 2. The second-order valence-corrected chi connectivity index (χ2v) is 9.34. The molecule has 0 aromatic carbocycles. The molecule has 0 radical (unpaired) electrons. The third-order valence-corrected chi connectivity index (χ3v) is 7.36. The standard InChI is InChI=1S/C24H24N2O8/c27-15(33-25-21(29)17-11-5-6-12(9-11)18(17)22(25)30)3-1-2-4-16(28)34-26-23(31)19-13-7-8-14(10-13)20(19)24(26)32/h5-8,11-14,29-32H,1-4,9-10H2. The molecule has 2 aromatic heterocycles. The van der Waals surface area contributed by atoms with E-state index in [2.05, 4.69) is 0 Å². The number of unbranched alkanes of at least 4 members (excludes halogenated alkanes) is 1. The Bertz CT molecular complexity index is 1110. The van der Waals surface area contributed by atoms with E-state index in [1.807, 2.05) is 24.3 Å². The average Bonchev–Trinajstić information content (AvgIpc) is 3.65. The molecule has 10 heteroatoms. The highest BCUT2D eigenvalue weighted by atomic mass is 16.7. The topological polar surface area (TPSA) is 143 Å². The van der Waals surface area contributed by atoms with Gasteiger partial charge in [0.2, 0.25) is 23.5 Å². The molecule has 0 saturated heterocycles. The number of hydrogen-bond donors (Lipinski definition) is 4. The molecule has 0 fully saturated rings. The van der Waals surface area contributed by atoms with Gasteiger partial charge in [-0.05, 0) is 25.7 Å². The molecule has 0 spiro atoms. The predicted octanol–water partition coefficient (Wildman–Crippen LogP) is 2.56. The van der Waals surface area contributed by atoms with Gasteiger partial charge in [0.25, 0.3) is 0 Å². The molecule has 4 aliphatic rings. The lowest BCUT2D eigenvalue weighted by molar-refractivity contribution is -0.147. The summed E-state index contributed by atoms with van der Waals surface area (Å²) in [5.74, 6) is -2.29. The van der Waals surface area contributed by atoms with Crippen molar-refractivity contribution in [2.24, 2.45) is 0 Å².